The van der Waals surface area contributed by atoms with E-state index in [0.717, 1.165) is 12.8 Å². The van der Waals surface area contributed by atoms with Crippen LogP contribution in [-0.4, -0.2) is 54.1 Å². The SMILES string of the molecule is O=C(CCN1C(=O)NC2(CCCC2)C1=O)NC[C@@H]1COc2ccccc2O1. The van der Waals surface area contributed by atoms with Gasteiger partial charge in [0.1, 0.15) is 18.2 Å². The predicted molar refractivity (Wildman–Crippen MR) is 95.4 cm³/mol. The van der Waals surface area contributed by atoms with Crippen molar-refractivity contribution in [2.45, 2.75) is 43.7 Å². The lowest BCUT2D eigenvalue weighted by molar-refractivity contribution is -0.131. The number of amides is 4. The highest BCUT2D eigenvalue weighted by molar-refractivity contribution is 6.07. The van der Waals surface area contributed by atoms with Gasteiger partial charge in [0.25, 0.3) is 5.91 Å². The monoisotopic (exact) mass is 373 g/mol. The van der Waals surface area contributed by atoms with Gasteiger partial charge >= 0.3 is 6.03 Å². The third-order valence-electron chi connectivity index (χ3n) is 5.36. The zero-order chi connectivity index (χ0) is 18.9. The van der Waals surface area contributed by atoms with Crippen LogP contribution < -0.4 is 20.1 Å². The molecular weight excluding hydrogens is 350 g/mol. The van der Waals surface area contributed by atoms with Gasteiger partial charge in [-0.25, -0.2) is 4.79 Å². The van der Waals surface area contributed by atoms with Crippen LogP contribution in [0.3, 0.4) is 0 Å². The number of imide groups is 1. The maximum Gasteiger partial charge on any atom is 0.325 e. The molecule has 8 nitrogen and oxygen atoms in total. The summed E-state index contributed by atoms with van der Waals surface area (Å²) in [5, 5.41) is 5.60. The lowest BCUT2D eigenvalue weighted by Crippen LogP contribution is -2.44. The quantitative estimate of drug-likeness (QED) is 0.756. The van der Waals surface area contributed by atoms with Crippen LogP contribution in [0, 0.1) is 0 Å². The van der Waals surface area contributed by atoms with Crippen molar-refractivity contribution in [2.75, 3.05) is 19.7 Å². The number of hydrogen-bond donors (Lipinski definition) is 2. The molecule has 0 radical (unpaired) electrons. The molecule has 1 saturated carbocycles. The summed E-state index contributed by atoms with van der Waals surface area (Å²) in [6, 6.07) is 6.99. The van der Waals surface area contributed by atoms with Crippen LogP contribution in [0.15, 0.2) is 24.3 Å². The Bertz CT molecular complexity index is 759. The second-order valence-electron chi connectivity index (χ2n) is 7.23. The Balaban J connectivity index is 1.24. The first-order valence-corrected chi connectivity index (χ1v) is 9.37. The zero-order valence-corrected chi connectivity index (χ0v) is 15.0. The number of urea groups is 1. The van der Waals surface area contributed by atoms with E-state index in [1.165, 1.54) is 4.90 Å². The molecule has 0 unspecified atom stereocenters. The van der Waals surface area contributed by atoms with Crippen molar-refractivity contribution >= 4 is 17.8 Å². The van der Waals surface area contributed by atoms with Gasteiger partial charge in [0.05, 0.1) is 6.54 Å². The van der Waals surface area contributed by atoms with Crippen molar-refractivity contribution in [3.63, 3.8) is 0 Å². The minimum Gasteiger partial charge on any atom is -0.486 e. The summed E-state index contributed by atoms with van der Waals surface area (Å²) in [5.74, 6) is 0.924. The highest BCUT2D eigenvalue weighted by Crippen LogP contribution is 2.35. The van der Waals surface area contributed by atoms with Gasteiger partial charge in [0.15, 0.2) is 11.5 Å². The van der Waals surface area contributed by atoms with E-state index in [2.05, 4.69) is 10.6 Å². The van der Waals surface area contributed by atoms with Gasteiger partial charge in [-0.05, 0) is 25.0 Å². The maximum atomic E-state index is 12.5. The molecule has 2 aliphatic heterocycles. The molecule has 1 aromatic rings. The Hall–Kier alpha value is -2.77. The van der Waals surface area contributed by atoms with Crippen molar-refractivity contribution in [3.8, 4) is 11.5 Å². The van der Waals surface area contributed by atoms with E-state index in [1.54, 1.807) is 0 Å². The van der Waals surface area contributed by atoms with Crippen molar-refractivity contribution < 1.29 is 23.9 Å². The number of para-hydroxylation sites is 2. The molecule has 4 rings (SSSR count). The smallest absolute Gasteiger partial charge is 0.325 e. The van der Waals surface area contributed by atoms with Crippen LogP contribution in [-0.2, 0) is 9.59 Å². The number of fused-ring (bicyclic) bond motifs is 1. The molecule has 1 aliphatic carbocycles. The van der Waals surface area contributed by atoms with Gasteiger partial charge in [-0.3, -0.25) is 14.5 Å². The summed E-state index contributed by atoms with van der Waals surface area (Å²) in [6.07, 6.45) is 3.03. The minimum atomic E-state index is -0.728. The molecule has 1 spiro atoms. The molecule has 3 aliphatic rings. The molecule has 2 N–H and O–H groups in total. The molecular formula is C19H23N3O5. The van der Waals surface area contributed by atoms with E-state index in [0.29, 0.717) is 37.5 Å². The number of carbonyl (C=O) groups is 3. The second kappa shape index (κ2) is 7.09. The first-order chi connectivity index (χ1) is 13.1. The van der Waals surface area contributed by atoms with Crippen LogP contribution in [0.5, 0.6) is 11.5 Å². The average molecular weight is 373 g/mol. The normalized spacial score (nSPS) is 22.8. The molecule has 0 bridgehead atoms. The Kier molecular flexibility index (Phi) is 4.63. The third kappa shape index (κ3) is 3.43. The topological polar surface area (TPSA) is 97.0 Å². The van der Waals surface area contributed by atoms with Gasteiger partial charge in [-0.1, -0.05) is 25.0 Å². The number of rotatable bonds is 5. The number of benzene rings is 1. The molecule has 0 aromatic heterocycles. The first kappa shape index (κ1) is 17.6. The van der Waals surface area contributed by atoms with Gasteiger partial charge < -0.3 is 20.1 Å². The van der Waals surface area contributed by atoms with E-state index in [9.17, 15) is 14.4 Å². The van der Waals surface area contributed by atoms with E-state index < -0.39 is 11.6 Å². The molecule has 1 aromatic carbocycles. The molecule has 144 valence electrons. The average Bonchev–Trinajstić information content (AvgIpc) is 3.24. The molecule has 2 heterocycles. The molecule has 2 fully saturated rings. The van der Waals surface area contributed by atoms with Crippen LogP contribution in [0.4, 0.5) is 4.79 Å². The molecule has 27 heavy (non-hydrogen) atoms. The van der Waals surface area contributed by atoms with E-state index in [1.807, 2.05) is 24.3 Å². The van der Waals surface area contributed by atoms with Crippen molar-refractivity contribution in [2.24, 2.45) is 0 Å². The lowest BCUT2D eigenvalue weighted by Gasteiger charge is -2.26. The largest absolute Gasteiger partial charge is 0.486 e. The van der Waals surface area contributed by atoms with Gasteiger partial charge in [0, 0.05) is 13.0 Å². The summed E-state index contributed by atoms with van der Waals surface area (Å²) in [5.41, 5.74) is -0.728. The summed E-state index contributed by atoms with van der Waals surface area (Å²) >= 11 is 0. The standard InChI is InChI=1S/C19H23N3O5/c23-16(20-11-13-12-26-14-5-1-2-6-15(14)27-13)7-10-22-17(24)19(21-18(22)25)8-3-4-9-19/h1-2,5-6,13H,3-4,7-12H2,(H,20,23)(H,21,25)/t13-/m1/s1. The molecule has 8 heteroatoms. The highest BCUT2D eigenvalue weighted by atomic mass is 16.6. The number of nitrogens with zero attached hydrogens (tertiary/aromatic N) is 1. The number of carbonyl (C=O) groups excluding carboxylic acids is 3. The second-order valence-corrected chi connectivity index (χ2v) is 7.23. The van der Waals surface area contributed by atoms with E-state index in [-0.39, 0.29) is 30.9 Å². The Morgan fingerprint density at radius 2 is 1.96 bits per heavy atom. The van der Waals surface area contributed by atoms with Gasteiger partial charge in [-0.15, -0.1) is 0 Å². The van der Waals surface area contributed by atoms with Crippen LogP contribution >= 0.6 is 0 Å². The van der Waals surface area contributed by atoms with Crippen molar-refractivity contribution in [1.82, 2.24) is 15.5 Å². The lowest BCUT2D eigenvalue weighted by atomic mass is 9.98. The Morgan fingerprint density at radius 3 is 2.74 bits per heavy atom. The maximum absolute atomic E-state index is 12.5. The Labute approximate surface area is 157 Å². The summed E-state index contributed by atoms with van der Waals surface area (Å²) in [4.78, 5) is 38.0. The molecule has 4 amide bonds. The van der Waals surface area contributed by atoms with Crippen molar-refractivity contribution in [3.05, 3.63) is 24.3 Å². The van der Waals surface area contributed by atoms with Gasteiger partial charge in [0.2, 0.25) is 5.91 Å². The van der Waals surface area contributed by atoms with Crippen LogP contribution in [0.25, 0.3) is 0 Å². The fourth-order valence-electron chi connectivity index (χ4n) is 3.89. The molecule has 1 atom stereocenters. The summed E-state index contributed by atoms with van der Waals surface area (Å²) in [7, 11) is 0. The fourth-order valence-corrected chi connectivity index (χ4v) is 3.89. The highest BCUT2D eigenvalue weighted by Gasteiger charge is 2.52. The Morgan fingerprint density at radius 1 is 1.22 bits per heavy atom. The van der Waals surface area contributed by atoms with Crippen molar-refractivity contribution in [1.29, 1.82) is 0 Å². The third-order valence-corrected chi connectivity index (χ3v) is 5.36. The fraction of sp³-hybridized carbons (Fsp3) is 0.526. The molecule has 1 saturated heterocycles. The van der Waals surface area contributed by atoms with E-state index in [4.69, 9.17) is 9.47 Å². The minimum absolute atomic E-state index is 0.0689. The first-order valence-electron chi connectivity index (χ1n) is 9.37. The number of ether oxygens (including phenoxy) is 2. The van der Waals surface area contributed by atoms with Crippen LogP contribution in [0.2, 0.25) is 0 Å². The van der Waals surface area contributed by atoms with Gasteiger partial charge in [-0.2, -0.15) is 0 Å². The number of nitrogens with one attached hydrogen (secondary N) is 2. The zero-order valence-electron chi connectivity index (χ0n) is 15.0. The summed E-state index contributed by atoms with van der Waals surface area (Å²) in [6.45, 7) is 0.743. The predicted octanol–water partition coefficient (Wildman–Crippen LogP) is 1.20. The number of hydrogen-bond acceptors (Lipinski definition) is 5. The summed E-state index contributed by atoms with van der Waals surface area (Å²) < 4.78 is 11.4. The van der Waals surface area contributed by atoms with Crippen LogP contribution in [0.1, 0.15) is 32.1 Å². The van der Waals surface area contributed by atoms with E-state index >= 15 is 0 Å².